The number of nitrogen functional groups attached to an aromatic ring is 1. The predicted octanol–water partition coefficient (Wildman–Crippen LogP) is 4.41. The van der Waals surface area contributed by atoms with Gasteiger partial charge in [0.1, 0.15) is 35.3 Å². The quantitative estimate of drug-likeness (QED) is 0.313. The molecule has 5 aliphatic rings. The van der Waals surface area contributed by atoms with Gasteiger partial charge in [-0.1, -0.05) is 11.3 Å². The Labute approximate surface area is 266 Å². The number of anilines is 2. The molecule has 2 unspecified atom stereocenters. The standard InChI is InChI=1S/C32H35F3N8O2S/c33-17-11-32(7-1-8-42(32)13-17)15-45-31-39-25-22(28(40-31)41-9-6-16-10-18(14-41)37-12-16)29(44)43(19-2-3-19)26(23(25)35)20-4-5-21(34)27-24(20)38-30(36)46-27/h4-5,16-19,37H,1-3,6-15H2,(H2,36,38)/t16?,17-,18?,32+/m1/s1. The largest absolute Gasteiger partial charge is 0.461 e. The van der Waals surface area contributed by atoms with E-state index in [1.165, 1.54) is 16.7 Å². The molecule has 1 saturated carbocycles. The van der Waals surface area contributed by atoms with Crippen molar-refractivity contribution in [2.24, 2.45) is 5.92 Å². The van der Waals surface area contributed by atoms with Crippen LogP contribution in [0.25, 0.3) is 32.4 Å². The third kappa shape index (κ3) is 4.50. The smallest absolute Gasteiger partial charge is 0.319 e. The maximum absolute atomic E-state index is 17.2. The van der Waals surface area contributed by atoms with Gasteiger partial charge in [0.2, 0.25) is 0 Å². The lowest BCUT2D eigenvalue weighted by molar-refractivity contribution is 0.107. The predicted molar refractivity (Wildman–Crippen MR) is 170 cm³/mol. The molecule has 3 N–H and O–H groups in total. The molecule has 242 valence electrons. The summed E-state index contributed by atoms with van der Waals surface area (Å²) in [5, 5.41) is 3.83. The van der Waals surface area contributed by atoms with Gasteiger partial charge >= 0.3 is 6.01 Å². The van der Waals surface area contributed by atoms with Gasteiger partial charge < -0.3 is 25.3 Å². The molecule has 0 radical (unpaired) electrons. The zero-order valence-electron chi connectivity index (χ0n) is 25.3. The number of fused-ring (bicyclic) bond motifs is 5. The van der Waals surface area contributed by atoms with Gasteiger partial charge in [0, 0.05) is 43.7 Å². The molecule has 7 heterocycles. The molecule has 4 aromatic rings. The van der Waals surface area contributed by atoms with E-state index in [2.05, 4.69) is 25.1 Å². The summed E-state index contributed by atoms with van der Waals surface area (Å²) in [7, 11) is 0. The Morgan fingerprint density at radius 1 is 1.11 bits per heavy atom. The lowest BCUT2D eigenvalue weighted by Gasteiger charge is -2.31. The number of rotatable bonds is 6. The molecule has 3 aromatic heterocycles. The highest BCUT2D eigenvalue weighted by atomic mass is 32.1. The number of pyridine rings is 1. The van der Waals surface area contributed by atoms with Crippen LogP contribution in [0.15, 0.2) is 16.9 Å². The summed E-state index contributed by atoms with van der Waals surface area (Å²) in [6, 6.07) is 2.68. The number of hydrogen-bond acceptors (Lipinski definition) is 10. The highest BCUT2D eigenvalue weighted by molar-refractivity contribution is 7.22. The number of alkyl halides is 1. The summed E-state index contributed by atoms with van der Waals surface area (Å²) in [4.78, 5) is 32.5. The molecule has 10 nitrogen and oxygen atoms in total. The van der Waals surface area contributed by atoms with Crippen LogP contribution in [0.1, 0.15) is 51.0 Å². The van der Waals surface area contributed by atoms with Crippen molar-refractivity contribution >= 4 is 43.4 Å². The van der Waals surface area contributed by atoms with Gasteiger partial charge in [0.05, 0.1) is 21.4 Å². The summed E-state index contributed by atoms with van der Waals surface area (Å²) < 4.78 is 54.5. The lowest BCUT2D eigenvalue weighted by Crippen LogP contribution is -2.43. The van der Waals surface area contributed by atoms with Gasteiger partial charge in [-0.3, -0.25) is 9.69 Å². The van der Waals surface area contributed by atoms with E-state index in [0.29, 0.717) is 50.6 Å². The third-order valence-corrected chi connectivity index (χ3v) is 11.6. The van der Waals surface area contributed by atoms with Crippen molar-refractivity contribution in [3.8, 4) is 17.3 Å². The molecule has 2 bridgehead atoms. The van der Waals surface area contributed by atoms with Gasteiger partial charge in [-0.25, -0.2) is 18.2 Å². The molecule has 4 atom stereocenters. The lowest BCUT2D eigenvalue weighted by atomic mass is 9.95. The van der Waals surface area contributed by atoms with E-state index in [9.17, 15) is 13.6 Å². The number of nitrogens with one attached hydrogen (secondary N) is 1. The van der Waals surface area contributed by atoms with Crippen molar-refractivity contribution in [3.63, 3.8) is 0 Å². The van der Waals surface area contributed by atoms with Gasteiger partial charge in [-0.2, -0.15) is 9.97 Å². The number of thiazole rings is 1. The number of nitrogens with zero attached hydrogens (tertiary/aromatic N) is 6. The first-order valence-corrected chi connectivity index (χ1v) is 17.1. The Morgan fingerprint density at radius 2 is 1.98 bits per heavy atom. The summed E-state index contributed by atoms with van der Waals surface area (Å²) >= 11 is 0.981. The van der Waals surface area contributed by atoms with Crippen molar-refractivity contribution in [2.75, 3.05) is 50.0 Å². The second-order valence-electron chi connectivity index (χ2n) is 13.8. The maximum atomic E-state index is 17.2. The van der Waals surface area contributed by atoms with Crippen molar-refractivity contribution in [3.05, 3.63) is 34.1 Å². The van der Waals surface area contributed by atoms with E-state index >= 15 is 4.39 Å². The van der Waals surface area contributed by atoms with E-state index < -0.39 is 28.9 Å². The first-order chi connectivity index (χ1) is 22.3. The highest BCUT2D eigenvalue weighted by Gasteiger charge is 2.49. The second-order valence-corrected chi connectivity index (χ2v) is 14.8. The van der Waals surface area contributed by atoms with Crippen LogP contribution >= 0.6 is 11.3 Å². The number of ether oxygens (including phenoxy) is 1. The van der Waals surface area contributed by atoms with Crippen LogP contribution in [0.2, 0.25) is 0 Å². The number of nitrogens with two attached hydrogens (primary N) is 1. The summed E-state index contributed by atoms with van der Waals surface area (Å²) in [6.07, 6.45) is 4.58. The fourth-order valence-corrected chi connectivity index (χ4v) is 9.19. The van der Waals surface area contributed by atoms with Crippen molar-refractivity contribution in [1.29, 1.82) is 0 Å². The number of benzene rings is 1. The Hall–Kier alpha value is -3.49. The minimum Gasteiger partial charge on any atom is -0.461 e. The van der Waals surface area contributed by atoms with Crippen LogP contribution in [-0.4, -0.2) is 81.5 Å². The van der Waals surface area contributed by atoms with Crippen molar-refractivity contribution < 1.29 is 17.9 Å². The van der Waals surface area contributed by atoms with Crippen LogP contribution in [0.4, 0.5) is 24.1 Å². The molecule has 9 rings (SSSR count). The average Bonchev–Trinajstić information content (AvgIpc) is 3.34. The summed E-state index contributed by atoms with van der Waals surface area (Å²) in [5.41, 5.74) is 5.48. The van der Waals surface area contributed by atoms with E-state index in [-0.39, 0.29) is 62.2 Å². The molecule has 5 fully saturated rings. The SMILES string of the molecule is Nc1nc2c(-c3c(F)c4nc(OC[C@@]56CCCN5C[C@H](F)C6)nc(N5CCC6CNC(C6)C5)c4c(=O)n3C3CC3)ccc(F)c2s1. The van der Waals surface area contributed by atoms with Crippen LogP contribution in [0, 0.1) is 17.6 Å². The zero-order chi connectivity index (χ0) is 31.3. The van der Waals surface area contributed by atoms with E-state index in [1.54, 1.807) is 0 Å². The first kappa shape index (κ1) is 28.7. The van der Waals surface area contributed by atoms with E-state index in [0.717, 1.165) is 50.1 Å². The van der Waals surface area contributed by atoms with Crippen LogP contribution < -0.4 is 26.2 Å². The zero-order valence-corrected chi connectivity index (χ0v) is 26.1. The summed E-state index contributed by atoms with van der Waals surface area (Å²) in [6.45, 7) is 3.61. The van der Waals surface area contributed by atoms with Gasteiger partial charge in [-0.15, -0.1) is 0 Å². The highest BCUT2D eigenvalue weighted by Crippen LogP contribution is 2.44. The number of halogens is 3. The minimum absolute atomic E-state index is 0.0131. The van der Waals surface area contributed by atoms with Crippen LogP contribution in [-0.2, 0) is 0 Å². The summed E-state index contributed by atoms with van der Waals surface area (Å²) in [5.74, 6) is -0.340. The molecule has 0 amide bonds. The number of aromatic nitrogens is 4. The fourth-order valence-electron chi connectivity index (χ4n) is 8.43. The second kappa shape index (κ2) is 10.5. The normalized spacial score (nSPS) is 28.0. The third-order valence-electron chi connectivity index (χ3n) is 10.7. The first-order valence-electron chi connectivity index (χ1n) is 16.3. The topological polar surface area (TPSA) is 114 Å². The van der Waals surface area contributed by atoms with Crippen LogP contribution in [0.5, 0.6) is 6.01 Å². The van der Waals surface area contributed by atoms with Crippen LogP contribution in [0.3, 0.4) is 0 Å². The molecule has 14 heteroatoms. The van der Waals surface area contributed by atoms with Crippen molar-refractivity contribution in [1.82, 2.24) is 29.7 Å². The Kier molecular flexibility index (Phi) is 6.56. The van der Waals surface area contributed by atoms with Gasteiger partial charge in [0.25, 0.3) is 5.56 Å². The Morgan fingerprint density at radius 3 is 2.83 bits per heavy atom. The molecule has 4 saturated heterocycles. The minimum atomic E-state index is -0.926. The van der Waals surface area contributed by atoms with Crippen molar-refractivity contribution in [2.45, 2.75) is 68.7 Å². The molecular formula is C32H35F3N8O2S. The molecular weight excluding hydrogens is 617 g/mol. The molecule has 0 spiro atoms. The van der Waals surface area contributed by atoms with E-state index in [4.69, 9.17) is 15.5 Å². The average molecular weight is 653 g/mol. The van der Waals surface area contributed by atoms with Gasteiger partial charge in [0.15, 0.2) is 10.9 Å². The molecule has 1 aliphatic carbocycles. The Balaban J connectivity index is 1.24. The molecule has 46 heavy (non-hydrogen) atoms. The maximum Gasteiger partial charge on any atom is 0.319 e. The monoisotopic (exact) mass is 652 g/mol. The fraction of sp³-hybridized carbons (Fsp3) is 0.562. The number of hydrogen-bond donors (Lipinski definition) is 2. The Bertz CT molecular complexity index is 1950. The molecule has 1 aromatic carbocycles. The van der Waals surface area contributed by atoms with Gasteiger partial charge in [-0.05, 0) is 69.7 Å². The molecule has 4 aliphatic heterocycles. The van der Waals surface area contributed by atoms with E-state index in [1.807, 2.05) is 0 Å².